The van der Waals surface area contributed by atoms with Gasteiger partial charge in [0, 0.05) is 16.7 Å². The van der Waals surface area contributed by atoms with Crippen LogP contribution in [0.25, 0.3) is 88.2 Å². The highest BCUT2D eigenvalue weighted by molar-refractivity contribution is 6.24. The number of pyridine rings is 1. The van der Waals surface area contributed by atoms with Crippen molar-refractivity contribution in [2.24, 2.45) is 0 Å². The molecule has 9 aromatic rings. The highest BCUT2D eigenvalue weighted by Gasteiger charge is 2.21. The van der Waals surface area contributed by atoms with E-state index in [1.807, 2.05) is 6.07 Å². The quantitative estimate of drug-likeness (QED) is 0.177. The van der Waals surface area contributed by atoms with Gasteiger partial charge in [0.1, 0.15) is 0 Å². The summed E-state index contributed by atoms with van der Waals surface area (Å²) in [6, 6.07) is 67.4. The lowest BCUT2D eigenvalue weighted by Gasteiger charge is -2.21. The summed E-state index contributed by atoms with van der Waals surface area (Å²) in [7, 11) is 0. The molecule has 224 valence electrons. The molecule has 0 saturated carbocycles. The second-order valence-electron chi connectivity index (χ2n) is 12.2. The molecule has 0 amide bonds. The van der Waals surface area contributed by atoms with Crippen molar-refractivity contribution in [3.05, 3.63) is 188 Å². The molecule has 0 N–H and O–H groups in total. The van der Waals surface area contributed by atoms with Gasteiger partial charge in [0.2, 0.25) is 0 Å². The molecule has 0 unspecified atom stereocenters. The molecule has 0 atom stereocenters. The summed E-state index contributed by atoms with van der Waals surface area (Å²) in [6.45, 7) is 0. The van der Waals surface area contributed by atoms with E-state index in [0.717, 1.165) is 28.1 Å². The lowest BCUT2D eigenvalue weighted by Crippen LogP contribution is -1.96. The summed E-state index contributed by atoms with van der Waals surface area (Å²) >= 11 is 0. The molecule has 0 radical (unpaired) electrons. The Kier molecular flexibility index (Phi) is 6.87. The van der Waals surface area contributed by atoms with Crippen LogP contribution in [-0.4, -0.2) is 4.98 Å². The predicted octanol–water partition coefficient (Wildman–Crippen LogP) is 12.9. The molecule has 0 saturated heterocycles. The zero-order valence-corrected chi connectivity index (χ0v) is 26.3. The summed E-state index contributed by atoms with van der Waals surface area (Å²) in [5.41, 5.74) is 11.5. The van der Waals surface area contributed by atoms with E-state index in [9.17, 15) is 0 Å². The molecule has 0 aliphatic heterocycles. The number of hydrogen-bond donors (Lipinski definition) is 0. The number of hydrogen-bond acceptors (Lipinski definition) is 1. The number of benzene rings is 8. The second-order valence-corrected chi connectivity index (χ2v) is 12.2. The normalized spacial score (nSPS) is 11.3. The molecular weight excluding hydrogens is 579 g/mol. The molecule has 0 bridgehead atoms. The number of aromatic nitrogens is 1. The predicted molar refractivity (Wildman–Crippen MR) is 204 cm³/mol. The second kappa shape index (κ2) is 11.8. The van der Waals surface area contributed by atoms with Crippen LogP contribution < -0.4 is 0 Å². The minimum atomic E-state index is 0.966. The van der Waals surface area contributed by atoms with Gasteiger partial charge < -0.3 is 0 Å². The van der Waals surface area contributed by atoms with Crippen molar-refractivity contribution in [1.82, 2.24) is 4.98 Å². The molecule has 0 fully saturated rings. The van der Waals surface area contributed by atoms with E-state index < -0.39 is 0 Å². The zero-order chi connectivity index (χ0) is 31.9. The van der Waals surface area contributed by atoms with Crippen LogP contribution in [0.1, 0.15) is 0 Å². The molecule has 1 aromatic heterocycles. The minimum absolute atomic E-state index is 0.966. The smallest absolute Gasteiger partial charge is 0.0788 e. The Labute approximate surface area is 280 Å². The molecule has 0 spiro atoms. The van der Waals surface area contributed by atoms with E-state index >= 15 is 0 Å². The van der Waals surface area contributed by atoms with E-state index in [1.54, 1.807) is 0 Å². The van der Waals surface area contributed by atoms with Gasteiger partial charge >= 0.3 is 0 Å². The average molecular weight is 610 g/mol. The lowest BCUT2D eigenvalue weighted by atomic mass is 9.83. The standard InChI is InChI=1S/C47H31N/c1-4-16-32(17-5-1)35-28-29-42(37-23-11-10-22-36(35)37)45-38-24-12-14-26-40(38)46(41-27-15-13-25-39(41)45)43-30-31-44(33-18-6-2-7-19-33)48-47(43)34-20-8-3-9-21-34/h1-31H. The number of rotatable bonds is 5. The van der Waals surface area contributed by atoms with Gasteiger partial charge in [0.25, 0.3) is 0 Å². The minimum Gasteiger partial charge on any atom is -0.247 e. The first-order valence-corrected chi connectivity index (χ1v) is 16.5. The summed E-state index contributed by atoms with van der Waals surface area (Å²) in [4.78, 5) is 5.36. The Hall–Kier alpha value is -6.31. The topological polar surface area (TPSA) is 12.9 Å². The summed E-state index contributed by atoms with van der Waals surface area (Å²) in [5.74, 6) is 0. The van der Waals surface area contributed by atoms with Crippen LogP contribution in [0.3, 0.4) is 0 Å². The van der Waals surface area contributed by atoms with Gasteiger partial charge in [-0.25, -0.2) is 4.98 Å². The van der Waals surface area contributed by atoms with Gasteiger partial charge in [-0.15, -0.1) is 0 Å². The van der Waals surface area contributed by atoms with Gasteiger partial charge in [-0.2, -0.15) is 0 Å². The van der Waals surface area contributed by atoms with Crippen LogP contribution in [0, 0.1) is 0 Å². The van der Waals surface area contributed by atoms with Crippen LogP contribution >= 0.6 is 0 Å². The van der Waals surface area contributed by atoms with E-state index in [-0.39, 0.29) is 0 Å². The molecular formula is C47H31N. The third-order valence-electron chi connectivity index (χ3n) is 9.49. The zero-order valence-electron chi connectivity index (χ0n) is 26.3. The average Bonchev–Trinajstić information content (AvgIpc) is 3.17. The molecule has 1 heteroatoms. The van der Waals surface area contributed by atoms with Gasteiger partial charge in [0.05, 0.1) is 11.4 Å². The Balaban J connectivity index is 1.36. The van der Waals surface area contributed by atoms with E-state index in [2.05, 4.69) is 182 Å². The van der Waals surface area contributed by atoms with Crippen molar-refractivity contribution >= 4 is 32.3 Å². The fraction of sp³-hybridized carbons (Fsp3) is 0. The maximum Gasteiger partial charge on any atom is 0.0788 e. The van der Waals surface area contributed by atoms with Crippen LogP contribution in [-0.2, 0) is 0 Å². The van der Waals surface area contributed by atoms with Crippen LogP contribution in [0.4, 0.5) is 0 Å². The fourth-order valence-corrected chi connectivity index (χ4v) is 7.34. The Morgan fingerprint density at radius 3 is 1.17 bits per heavy atom. The summed E-state index contributed by atoms with van der Waals surface area (Å²) in [6.07, 6.45) is 0. The van der Waals surface area contributed by atoms with Crippen LogP contribution in [0.2, 0.25) is 0 Å². The van der Waals surface area contributed by atoms with Crippen molar-refractivity contribution in [3.63, 3.8) is 0 Å². The van der Waals surface area contributed by atoms with Gasteiger partial charge in [-0.05, 0) is 72.3 Å². The van der Waals surface area contributed by atoms with Crippen molar-refractivity contribution in [3.8, 4) is 55.9 Å². The maximum absolute atomic E-state index is 5.36. The first kappa shape index (κ1) is 28.0. The van der Waals surface area contributed by atoms with Crippen LogP contribution in [0.5, 0.6) is 0 Å². The monoisotopic (exact) mass is 609 g/mol. The van der Waals surface area contributed by atoms with Crippen molar-refractivity contribution in [2.45, 2.75) is 0 Å². The lowest BCUT2D eigenvalue weighted by molar-refractivity contribution is 1.32. The van der Waals surface area contributed by atoms with Crippen molar-refractivity contribution in [2.75, 3.05) is 0 Å². The highest BCUT2D eigenvalue weighted by atomic mass is 14.7. The Morgan fingerprint density at radius 1 is 0.250 bits per heavy atom. The van der Waals surface area contributed by atoms with E-state index in [0.29, 0.717) is 0 Å². The Morgan fingerprint density at radius 2 is 0.625 bits per heavy atom. The molecule has 1 nitrogen and oxygen atoms in total. The number of fused-ring (bicyclic) bond motifs is 3. The molecule has 0 aliphatic rings. The maximum atomic E-state index is 5.36. The molecule has 48 heavy (non-hydrogen) atoms. The third kappa shape index (κ3) is 4.68. The molecule has 0 aliphatic carbocycles. The van der Waals surface area contributed by atoms with E-state index in [4.69, 9.17) is 4.98 Å². The van der Waals surface area contributed by atoms with Gasteiger partial charge in [0.15, 0.2) is 0 Å². The van der Waals surface area contributed by atoms with Crippen molar-refractivity contribution in [1.29, 1.82) is 0 Å². The molecule has 1 heterocycles. The fourth-order valence-electron chi connectivity index (χ4n) is 7.34. The third-order valence-corrected chi connectivity index (χ3v) is 9.49. The molecule has 8 aromatic carbocycles. The summed E-state index contributed by atoms with van der Waals surface area (Å²) in [5, 5.41) is 7.40. The number of nitrogens with zero attached hydrogens (tertiary/aromatic N) is 1. The largest absolute Gasteiger partial charge is 0.247 e. The van der Waals surface area contributed by atoms with Gasteiger partial charge in [-0.3, -0.25) is 0 Å². The van der Waals surface area contributed by atoms with Crippen molar-refractivity contribution < 1.29 is 0 Å². The van der Waals surface area contributed by atoms with Gasteiger partial charge in [-0.1, -0.05) is 176 Å². The molecule has 9 rings (SSSR count). The SMILES string of the molecule is c1ccc(-c2ccc(-c3c4ccccc4c(-c4ccc(-c5ccccc5)c5ccccc45)c4ccccc34)c(-c3ccccc3)n2)cc1. The Bertz CT molecular complexity index is 2530. The first-order chi connectivity index (χ1) is 23.8. The van der Waals surface area contributed by atoms with E-state index in [1.165, 1.54) is 60.1 Å². The highest BCUT2D eigenvalue weighted by Crippen LogP contribution is 2.48. The summed E-state index contributed by atoms with van der Waals surface area (Å²) < 4.78 is 0. The van der Waals surface area contributed by atoms with Crippen LogP contribution in [0.15, 0.2) is 188 Å². The first-order valence-electron chi connectivity index (χ1n) is 16.5.